The summed E-state index contributed by atoms with van der Waals surface area (Å²) in [5.41, 5.74) is 2.04. The Morgan fingerprint density at radius 3 is 2.56 bits per heavy atom. The Bertz CT molecular complexity index is 458. The molecule has 1 aromatic carbocycles. The highest BCUT2D eigenvalue weighted by Crippen LogP contribution is 2.24. The summed E-state index contributed by atoms with van der Waals surface area (Å²) in [6, 6.07) is 5.30. The van der Waals surface area contributed by atoms with Crippen LogP contribution in [0, 0.1) is 0 Å². The number of amides is 1. The van der Waals surface area contributed by atoms with Gasteiger partial charge in [0.05, 0.1) is 12.2 Å². The molecule has 18 heavy (non-hydrogen) atoms. The first-order chi connectivity index (χ1) is 8.45. The number of anilines is 1. The number of hydrogen-bond acceptors (Lipinski definition) is 3. The first-order valence-corrected chi connectivity index (χ1v) is 6.04. The zero-order valence-electron chi connectivity index (χ0n) is 11.2. The van der Waals surface area contributed by atoms with Crippen LogP contribution in [0.15, 0.2) is 18.2 Å². The molecule has 0 atom stereocenters. The van der Waals surface area contributed by atoms with E-state index in [1.54, 1.807) is 19.1 Å². The predicted molar refractivity (Wildman–Crippen MR) is 72.9 cm³/mol. The van der Waals surface area contributed by atoms with E-state index < -0.39 is 0 Å². The van der Waals surface area contributed by atoms with E-state index in [4.69, 9.17) is 4.74 Å². The average molecular weight is 251 g/mol. The number of benzene rings is 1. The number of ether oxygens (including phenoxy) is 1. The van der Waals surface area contributed by atoms with Crippen molar-refractivity contribution in [2.75, 3.05) is 11.9 Å². The second-order valence-electron chi connectivity index (χ2n) is 4.36. The summed E-state index contributed by atoms with van der Waals surface area (Å²) in [4.78, 5) is 22.9. The molecule has 0 aliphatic heterocycles. The van der Waals surface area contributed by atoms with Crippen LogP contribution in [-0.2, 0) is 9.53 Å². The number of esters is 1. The van der Waals surface area contributed by atoms with E-state index in [2.05, 4.69) is 5.32 Å². The lowest BCUT2D eigenvalue weighted by molar-refractivity contribution is -0.114. The first-order valence-electron chi connectivity index (χ1n) is 6.04. The molecule has 4 heteroatoms. The molecule has 1 amide bonds. The van der Waals surface area contributed by atoms with Crippen molar-refractivity contribution in [3.8, 4) is 0 Å². The fourth-order valence-electron chi connectivity index (χ4n) is 1.73. The molecule has 1 N–H and O–H groups in total. The Kier molecular flexibility index (Phi) is 4.89. The van der Waals surface area contributed by atoms with Crippen LogP contribution in [0.4, 0.5) is 5.69 Å². The van der Waals surface area contributed by atoms with Crippen LogP contribution in [0.2, 0.25) is 0 Å². The second-order valence-corrected chi connectivity index (χ2v) is 4.36. The third kappa shape index (κ3) is 3.58. The van der Waals surface area contributed by atoms with Gasteiger partial charge >= 0.3 is 5.97 Å². The molecule has 100 valence electrons. The molecule has 1 rings (SSSR count). The topological polar surface area (TPSA) is 55.4 Å². The zero-order valence-corrected chi connectivity index (χ0v) is 11.2. The van der Waals surface area contributed by atoms with E-state index in [1.807, 2.05) is 19.9 Å². The monoisotopic (exact) mass is 251 g/mol. The maximum atomic E-state index is 11.9. The minimum atomic E-state index is -0.353. The number of carbonyl (C=O) groups excluding carboxylic acids is 2. The molecule has 0 bridgehead atoms. The number of rotatable bonds is 4. The molecular weight excluding hydrogens is 230 g/mol. The van der Waals surface area contributed by atoms with Gasteiger partial charge in [0.15, 0.2) is 0 Å². The van der Waals surface area contributed by atoms with Gasteiger partial charge in [0.2, 0.25) is 5.91 Å². The fraction of sp³-hybridized carbons (Fsp3) is 0.429. The molecule has 4 nitrogen and oxygen atoms in total. The molecule has 0 radical (unpaired) electrons. The van der Waals surface area contributed by atoms with Gasteiger partial charge in [-0.1, -0.05) is 19.9 Å². The number of carbonyl (C=O) groups is 2. The van der Waals surface area contributed by atoms with Gasteiger partial charge in [-0.2, -0.15) is 0 Å². The zero-order chi connectivity index (χ0) is 13.7. The largest absolute Gasteiger partial charge is 0.462 e. The summed E-state index contributed by atoms with van der Waals surface area (Å²) in [7, 11) is 0. The van der Waals surface area contributed by atoms with E-state index >= 15 is 0 Å². The molecule has 0 spiro atoms. The van der Waals surface area contributed by atoms with Crippen molar-refractivity contribution in [1.82, 2.24) is 0 Å². The van der Waals surface area contributed by atoms with Crippen molar-refractivity contribution < 1.29 is 15.8 Å². The van der Waals surface area contributed by atoms with Crippen LogP contribution in [-0.4, -0.2) is 18.5 Å². The average Bonchev–Trinajstić information content (AvgIpc) is 2.28. The van der Waals surface area contributed by atoms with E-state index in [0.717, 1.165) is 5.56 Å². The van der Waals surface area contributed by atoms with Crippen molar-refractivity contribution in [3.05, 3.63) is 29.3 Å². The van der Waals surface area contributed by atoms with Crippen molar-refractivity contribution in [2.45, 2.75) is 33.6 Å². The molecule has 0 unspecified atom stereocenters. The Hall–Kier alpha value is -1.84. The Balaban J connectivity index is 0.00000324. The highest BCUT2D eigenvalue weighted by Gasteiger charge is 2.15. The maximum absolute atomic E-state index is 11.9. The third-order valence-electron chi connectivity index (χ3n) is 2.49. The lowest BCUT2D eigenvalue weighted by atomic mass is 9.96. The third-order valence-corrected chi connectivity index (χ3v) is 2.49. The van der Waals surface area contributed by atoms with Gasteiger partial charge in [-0.05, 0) is 30.5 Å². The van der Waals surface area contributed by atoms with Crippen LogP contribution in [0.3, 0.4) is 0 Å². The molecule has 0 aliphatic carbocycles. The minimum absolute atomic E-state index is 0. The molecule has 0 aromatic heterocycles. The highest BCUT2D eigenvalue weighted by atomic mass is 16.5. The summed E-state index contributed by atoms with van der Waals surface area (Å²) < 4.78 is 5.03. The summed E-state index contributed by atoms with van der Waals surface area (Å²) in [6.45, 7) is 7.55. The van der Waals surface area contributed by atoms with Gasteiger partial charge in [-0.15, -0.1) is 0 Å². The normalized spacial score (nSPS) is 10.3. The van der Waals surface area contributed by atoms with E-state index in [1.165, 1.54) is 6.92 Å². The smallest absolute Gasteiger partial charge is 0.338 e. The van der Waals surface area contributed by atoms with Crippen molar-refractivity contribution in [1.29, 1.82) is 0 Å². The quantitative estimate of drug-likeness (QED) is 0.836. The Labute approximate surface area is 109 Å². The lowest BCUT2D eigenvalue weighted by Gasteiger charge is -2.13. The highest BCUT2D eigenvalue weighted by molar-refractivity contribution is 5.95. The van der Waals surface area contributed by atoms with Crippen LogP contribution < -0.4 is 5.32 Å². The predicted octanol–water partition coefficient (Wildman–Crippen LogP) is 3.19. The van der Waals surface area contributed by atoms with Gasteiger partial charge in [0.1, 0.15) is 0 Å². The summed E-state index contributed by atoms with van der Waals surface area (Å²) >= 11 is 0. The summed E-state index contributed by atoms with van der Waals surface area (Å²) in [5, 5.41) is 2.66. The molecule has 1 aromatic rings. The SMILES string of the molecule is CCOC(=O)c1cc(NC(C)=O)ccc1C(C)C.[HH]. The van der Waals surface area contributed by atoms with Crippen LogP contribution in [0.25, 0.3) is 0 Å². The Morgan fingerprint density at radius 1 is 1.39 bits per heavy atom. The van der Waals surface area contributed by atoms with E-state index in [0.29, 0.717) is 17.9 Å². The molecule has 0 aliphatic rings. The van der Waals surface area contributed by atoms with Gasteiger partial charge < -0.3 is 10.1 Å². The van der Waals surface area contributed by atoms with Crippen LogP contribution in [0.5, 0.6) is 0 Å². The van der Waals surface area contributed by atoms with Gasteiger partial charge in [-0.3, -0.25) is 4.79 Å². The molecule has 0 saturated carbocycles. The van der Waals surface area contributed by atoms with Gasteiger partial charge in [-0.25, -0.2) is 4.79 Å². The molecule has 0 saturated heterocycles. The number of hydrogen-bond donors (Lipinski definition) is 1. The molecule has 0 heterocycles. The Morgan fingerprint density at radius 2 is 2.06 bits per heavy atom. The maximum Gasteiger partial charge on any atom is 0.338 e. The van der Waals surface area contributed by atoms with E-state index in [-0.39, 0.29) is 19.2 Å². The summed E-state index contributed by atoms with van der Waals surface area (Å²) in [5.74, 6) is -0.300. The second kappa shape index (κ2) is 6.19. The van der Waals surface area contributed by atoms with Gasteiger partial charge in [0.25, 0.3) is 0 Å². The van der Waals surface area contributed by atoms with Crippen LogP contribution >= 0.6 is 0 Å². The molecule has 0 fully saturated rings. The van der Waals surface area contributed by atoms with E-state index in [9.17, 15) is 9.59 Å². The number of nitrogens with one attached hydrogen (secondary N) is 1. The van der Waals surface area contributed by atoms with Crippen LogP contribution in [0.1, 0.15) is 51.0 Å². The summed E-state index contributed by atoms with van der Waals surface area (Å²) in [6.07, 6.45) is 0. The fourth-order valence-corrected chi connectivity index (χ4v) is 1.73. The molecular formula is C14H21NO3. The standard InChI is InChI=1S/C14H19NO3.H2/c1-5-18-14(17)13-8-11(15-10(4)16)6-7-12(13)9(2)3;/h6-9H,5H2,1-4H3,(H,15,16);1H. The van der Waals surface area contributed by atoms with Gasteiger partial charge in [0, 0.05) is 14.0 Å². The van der Waals surface area contributed by atoms with Crippen molar-refractivity contribution in [2.24, 2.45) is 0 Å². The van der Waals surface area contributed by atoms with Crippen molar-refractivity contribution in [3.63, 3.8) is 0 Å². The minimum Gasteiger partial charge on any atom is -0.462 e. The van der Waals surface area contributed by atoms with Crippen molar-refractivity contribution >= 4 is 17.6 Å². The first kappa shape index (κ1) is 14.2. The lowest BCUT2D eigenvalue weighted by Crippen LogP contribution is -2.11.